The van der Waals surface area contributed by atoms with Crippen LogP contribution in [0.5, 0.6) is 0 Å². The lowest BCUT2D eigenvalue weighted by Gasteiger charge is -2.21. The number of aliphatic hydroxyl groups excluding tert-OH is 1. The van der Waals surface area contributed by atoms with Crippen LogP contribution >= 0.6 is 15.6 Å². The van der Waals surface area contributed by atoms with E-state index in [1.54, 1.807) is 0 Å². The van der Waals surface area contributed by atoms with Crippen LogP contribution in [0.25, 0.3) is 0 Å². The van der Waals surface area contributed by atoms with Crippen LogP contribution in [0.15, 0.2) is 0 Å². The fourth-order valence-electron chi connectivity index (χ4n) is 13.1. The van der Waals surface area contributed by atoms with Gasteiger partial charge < -0.3 is 33.8 Å². The van der Waals surface area contributed by atoms with Crippen molar-refractivity contribution >= 4 is 39.5 Å². The maximum absolute atomic E-state index is 13.1. The van der Waals surface area contributed by atoms with Crippen LogP contribution in [0.2, 0.25) is 0 Å². The summed E-state index contributed by atoms with van der Waals surface area (Å²) in [4.78, 5) is 73.1. The third-order valence-corrected chi connectivity index (χ3v) is 21.7. The molecule has 0 spiro atoms. The van der Waals surface area contributed by atoms with E-state index in [9.17, 15) is 43.2 Å². The van der Waals surface area contributed by atoms with E-state index in [-0.39, 0.29) is 25.7 Å². The fourth-order valence-corrected chi connectivity index (χ4v) is 14.7. The van der Waals surface area contributed by atoms with Gasteiger partial charge in [-0.2, -0.15) is 0 Å². The monoisotopic (exact) mass is 1520 g/mol. The van der Waals surface area contributed by atoms with E-state index in [0.29, 0.717) is 31.6 Å². The van der Waals surface area contributed by atoms with Gasteiger partial charge in [0.1, 0.15) is 19.3 Å². The van der Waals surface area contributed by atoms with Gasteiger partial charge in [0.2, 0.25) is 0 Å². The van der Waals surface area contributed by atoms with Gasteiger partial charge in [0.05, 0.1) is 26.4 Å². The molecule has 0 radical (unpaired) electrons. The lowest BCUT2D eigenvalue weighted by Crippen LogP contribution is -2.30. The molecule has 104 heavy (non-hydrogen) atoms. The minimum absolute atomic E-state index is 0.104. The van der Waals surface area contributed by atoms with Gasteiger partial charge in [0.15, 0.2) is 12.2 Å². The number of carbonyl (C=O) groups is 4. The predicted octanol–water partition coefficient (Wildman–Crippen LogP) is 25.6. The fraction of sp³-hybridized carbons (Fsp3) is 0.953. The minimum atomic E-state index is -4.97. The maximum atomic E-state index is 13.1. The van der Waals surface area contributed by atoms with Crippen LogP contribution in [-0.2, 0) is 65.4 Å². The molecular formula is C85H166O17P2. The topological polar surface area (TPSA) is 237 Å². The average Bonchev–Trinajstić information content (AvgIpc) is 0.914. The summed E-state index contributed by atoms with van der Waals surface area (Å²) in [5.41, 5.74) is 0. The van der Waals surface area contributed by atoms with E-state index < -0.39 is 97.5 Å². The second-order valence-corrected chi connectivity index (χ2v) is 35.4. The molecule has 0 rings (SSSR count). The highest BCUT2D eigenvalue weighted by molar-refractivity contribution is 7.47. The van der Waals surface area contributed by atoms with Gasteiger partial charge in [-0.15, -0.1) is 0 Å². The number of carbonyl (C=O) groups excluding carboxylic acids is 4. The lowest BCUT2D eigenvalue weighted by atomic mass is 10.0. The summed E-state index contributed by atoms with van der Waals surface area (Å²) in [6.45, 7) is 14.3. The smallest absolute Gasteiger partial charge is 0.462 e. The zero-order valence-electron chi connectivity index (χ0n) is 68.7. The number of hydrogen-bond donors (Lipinski definition) is 3. The largest absolute Gasteiger partial charge is 0.472 e. The molecule has 0 saturated carbocycles. The van der Waals surface area contributed by atoms with E-state index in [2.05, 4.69) is 55.4 Å². The van der Waals surface area contributed by atoms with Crippen molar-refractivity contribution in [3.63, 3.8) is 0 Å². The van der Waals surface area contributed by atoms with Crippen molar-refractivity contribution in [2.75, 3.05) is 39.6 Å². The maximum Gasteiger partial charge on any atom is 0.472 e. The molecule has 3 N–H and O–H groups in total. The van der Waals surface area contributed by atoms with Crippen LogP contribution in [-0.4, -0.2) is 96.7 Å². The summed E-state index contributed by atoms with van der Waals surface area (Å²) in [5, 5.41) is 10.7. The highest BCUT2D eigenvalue weighted by Crippen LogP contribution is 2.45. The molecular weight excluding hydrogens is 1350 g/mol. The van der Waals surface area contributed by atoms with E-state index in [4.69, 9.17) is 37.0 Å². The molecule has 0 amide bonds. The first-order valence-electron chi connectivity index (χ1n) is 43.7. The molecule has 17 nitrogen and oxygen atoms in total. The van der Waals surface area contributed by atoms with Crippen LogP contribution < -0.4 is 0 Å². The van der Waals surface area contributed by atoms with Crippen molar-refractivity contribution in [2.45, 2.75) is 459 Å². The Morgan fingerprint density at radius 3 is 0.596 bits per heavy atom. The molecule has 0 aliphatic rings. The number of aliphatic hydroxyl groups is 1. The standard InChI is InChI=1S/C85H166O17P2/c1-75(2)61-53-45-37-30-25-21-17-13-9-11-15-19-23-27-33-41-49-57-65-82(87)95-71-80(101-84(89)67-59-51-42-34-28-24-20-16-12-10-14-18-22-26-31-38-46-54-62-76(3)4)73-99-103(91,92)97-69-79(86)70-98-104(93,94)100-74-81(72-96-83(88)66-58-50-44-36-40-48-56-64-78(7)8)102-85(90)68-60-52-43-35-29-32-39-47-55-63-77(5)6/h75-81,86H,9-74H2,1-8H3,(H,91,92)(H,93,94)/t79?,80-,81-/m1/s1. The Bertz CT molecular complexity index is 2020. The van der Waals surface area contributed by atoms with Crippen LogP contribution in [0, 0.1) is 23.7 Å². The number of rotatable bonds is 82. The van der Waals surface area contributed by atoms with Crippen molar-refractivity contribution < 1.29 is 80.2 Å². The summed E-state index contributed by atoms with van der Waals surface area (Å²) in [7, 11) is -9.93. The molecule has 3 unspecified atom stereocenters. The molecule has 19 heteroatoms. The molecule has 0 heterocycles. The molecule has 618 valence electrons. The SMILES string of the molecule is CC(C)CCCCCCCCCCCCCCCCCCCCC(=O)OC[C@H](COP(=O)(O)OCC(O)COP(=O)(O)OC[C@@H](COC(=O)CCCCCCCCCC(C)C)OC(=O)CCCCCCCCCCCC(C)C)OC(=O)CCCCCCCCCCCCCCCCCCCCC(C)C. The van der Waals surface area contributed by atoms with E-state index in [0.717, 1.165) is 114 Å². The minimum Gasteiger partial charge on any atom is -0.462 e. The summed E-state index contributed by atoms with van der Waals surface area (Å²) in [6.07, 6.45) is 62.8. The summed E-state index contributed by atoms with van der Waals surface area (Å²) in [6, 6.07) is 0. The normalized spacial score (nSPS) is 14.0. The van der Waals surface area contributed by atoms with Gasteiger partial charge in [-0.3, -0.25) is 37.3 Å². The number of esters is 4. The second kappa shape index (κ2) is 73.8. The first kappa shape index (κ1) is 102. The predicted molar refractivity (Wildman–Crippen MR) is 428 cm³/mol. The summed E-state index contributed by atoms with van der Waals surface area (Å²) < 4.78 is 68.8. The van der Waals surface area contributed by atoms with Crippen LogP contribution in [0.1, 0.15) is 441 Å². The van der Waals surface area contributed by atoms with Gasteiger partial charge in [0, 0.05) is 25.7 Å². The molecule has 5 atom stereocenters. The van der Waals surface area contributed by atoms with Crippen molar-refractivity contribution in [1.29, 1.82) is 0 Å². The van der Waals surface area contributed by atoms with Crippen molar-refractivity contribution in [2.24, 2.45) is 23.7 Å². The zero-order chi connectivity index (χ0) is 76.7. The third-order valence-electron chi connectivity index (χ3n) is 19.8. The summed E-state index contributed by atoms with van der Waals surface area (Å²) >= 11 is 0. The quantitative estimate of drug-likeness (QED) is 0.0222. The first-order chi connectivity index (χ1) is 50.1. The highest BCUT2D eigenvalue weighted by atomic mass is 31.2. The van der Waals surface area contributed by atoms with Crippen LogP contribution in [0.4, 0.5) is 0 Å². The Morgan fingerprint density at radius 2 is 0.404 bits per heavy atom. The first-order valence-corrected chi connectivity index (χ1v) is 46.7. The molecule has 0 aromatic heterocycles. The van der Waals surface area contributed by atoms with Gasteiger partial charge in [0.25, 0.3) is 0 Å². The molecule has 0 fully saturated rings. The van der Waals surface area contributed by atoms with Gasteiger partial charge in [-0.05, 0) is 49.4 Å². The van der Waals surface area contributed by atoms with E-state index in [1.807, 2.05) is 0 Å². The summed E-state index contributed by atoms with van der Waals surface area (Å²) in [5.74, 6) is 0.973. The highest BCUT2D eigenvalue weighted by Gasteiger charge is 2.30. The Labute approximate surface area is 638 Å². The number of phosphoric acid groups is 2. The number of hydrogen-bond acceptors (Lipinski definition) is 15. The van der Waals surface area contributed by atoms with E-state index >= 15 is 0 Å². The van der Waals surface area contributed by atoms with Crippen molar-refractivity contribution in [3.05, 3.63) is 0 Å². The number of phosphoric ester groups is 2. The van der Waals surface area contributed by atoms with Gasteiger partial charge in [-0.25, -0.2) is 9.13 Å². The Balaban J connectivity index is 5.20. The molecule has 0 saturated heterocycles. The average molecular weight is 1520 g/mol. The molecule has 0 aromatic rings. The van der Waals surface area contributed by atoms with Gasteiger partial charge in [-0.1, -0.05) is 389 Å². The molecule has 0 aliphatic heterocycles. The molecule has 0 aromatic carbocycles. The van der Waals surface area contributed by atoms with Crippen LogP contribution in [0.3, 0.4) is 0 Å². The number of unbranched alkanes of at least 4 members (excludes halogenated alkanes) is 48. The van der Waals surface area contributed by atoms with Gasteiger partial charge >= 0.3 is 39.5 Å². The Morgan fingerprint density at radius 1 is 0.240 bits per heavy atom. The Hall–Kier alpha value is -1.94. The zero-order valence-corrected chi connectivity index (χ0v) is 70.5. The molecule has 0 aliphatic carbocycles. The number of ether oxygens (including phenoxy) is 4. The van der Waals surface area contributed by atoms with E-state index in [1.165, 1.54) is 238 Å². The third kappa shape index (κ3) is 78.2. The lowest BCUT2D eigenvalue weighted by molar-refractivity contribution is -0.161. The second-order valence-electron chi connectivity index (χ2n) is 32.5. The van der Waals surface area contributed by atoms with Crippen molar-refractivity contribution in [1.82, 2.24) is 0 Å². The Kier molecular flexibility index (Phi) is 72.5. The van der Waals surface area contributed by atoms with Crippen molar-refractivity contribution in [3.8, 4) is 0 Å². The molecule has 0 bridgehead atoms.